The maximum absolute atomic E-state index is 13.7. The fourth-order valence-electron chi connectivity index (χ4n) is 2.71. The van der Waals surface area contributed by atoms with Gasteiger partial charge in [-0.15, -0.1) is 0 Å². The smallest absolute Gasteiger partial charge is 0.200 e. The molecule has 1 N–H and O–H groups in total. The van der Waals surface area contributed by atoms with Gasteiger partial charge in [0.1, 0.15) is 5.69 Å². The van der Waals surface area contributed by atoms with Crippen molar-refractivity contribution in [3.63, 3.8) is 0 Å². The van der Waals surface area contributed by atoms with Crippen LogP contribution in [0.25, 0.3) is 0 Å². The fraction of sp³-hybridized carbons (Fsp3) is 0.538. The number of nitrogens with one attached hydrogen (secondary N) is 1. The highest BCUT2D eigenvalue weighted by Gasteiger charge is 2.33. The Morgan fingerprint density at radius 2 is 1.19 bits per heavy atom. The first-order chi connectivity index (χ1) is 10.0. The van der Waals surface area contributed by atoms with Gasteiger partial charge in [-0.25, -0.2) is 22.0 Å². The Hall–Kier alpha value is -1.41. The number of benzene rings is 1. The third-order valence-electron chi connectivity index (χ3n) is 4.09. The van der Waals surface area contributed by atoms with E-state index in [1.54, 1.807) is 0 Å². The van der Waals surface area contributed by atoms with Crippen molar-refractivity contribution < 1.29 is 22.0 Å². The van der Waals surface area contributed by atoms with Gasteiger partial charge < -0.3 is 10.2 Å². The molecule has 2 heterocycles. The standard InChI is InChI=1S/C13H14F5N3/c14-8-9(15)11(17)13(12(18)10(8)16)21-3-1-20(2-4-21)7-5-19-6-7/h7,19H,1-6H2. The fourth-order valence-corrected chi connectivity index (χ4v) is 2.71. The van der Waals surface area contributed by atoms with Crippen molar-refractivity contribution in [1.29, 1.82) is 0 Å². The summed E-state index contributed by atoms with van der Waals surface area (Å²) < 4.78 is 66.9. The number of hydrogen-bond donors (Lipinski definition) is 1. The van der Waals surface area contributed by atoms with Gasteiger partial charge in [0.15, 0.2) is 23.3 Å². The van der Waals surface area contributed by atoms with E-state index in [0.29, 0.717) is 19.1 Å². The van der Waals surface area contributed by atoms with E-state index in [9.17, 15) is 22.0 Å². The van der Waals surface area contributed by atoms with Crippen LogP contribution in [0.3, 0.4) is 0 Å². The van der Waals surface area contributed by atoms with Crippen LogP contribution in [0.15, 0.2) is 0 Å². The third kappa shape index (κ3) is 2.36. The summed E-state index contributed by atoms with van der Waals surface area (Å²) in [7, 11) is 0. The lowest BCUT2D eigenvalue weighted by Gasteiger charge is -2.43. The molecule has 3 rings (SSSR count). The van der Waals surface area contributed by atoms with E-state index in [1.807, 2.05) is 0 Å². The first kappa shape index (κ1) is 14.5. The van der Waals surface area contributed by atoms with Crippen LogP contribution >= 0.6 is 0 Å². The van der Waals surface area contributed by atoms with Crippen molar-refractivity contribution in [1.82, 2.24) is 10.2 Å². The predicted octanol–water partition coefficient (Wildman–Crippen LogP) is 1.48. The first-order valence-electron chi connectivity index (χ1n) is 6.72. The molecule has 0 aliphatic carbocycles. The van der Waals surface area contributed by atoms with Crippen LogP contribution in [0.5, 0.6) is 0 Å². The van der Waals surface area contributed by atoms with Crippen molar-refractivity contribution in [3.8, 4) is 0 Å². The average molecular weight is 307 g/mol. The van der Waals surface area contributed by atoms with Gasteiger partial charge >= 0.3 is 0 Å². The molecule has 21 heavy (non-hydrogen) atoms. The lowest BCUT2D eigenvalue weighted by Crippen LogP contribution is -2.61. The Labute approximate surface area is 118 Å². The topological polar surface area (TPSA) is 18.5 Å². The van der Waals surface area contributed by atoms with Crippen molar-refractivity contribution in [2.45, 2.75) is 6.04 Å². The van der Waals surface area contributed by atoms with Gasteiger partial charge in [-0.3, -0.25) is 4.90 Å². The zero-order valence-electron chi connectivity index (χ0n) is 11.1. The Kier molecular flexibility index (Phi) is 3.75. The summed E-state index contributed by atoms with van der Waals surface area (Å²) in [6.45, 7) is 3.26. The van der Waals surface area contributed by atoms with Crippen molar-refractivity contribution >= 4 is 5.69 Å². The molecule has 0 spiro atoms. The van der Waals surface area contributed by atoms with Crippen LogP contribution in [0.1, 0.15) is 0 Å². The molecule has 0 unspecified atom stereocenters. The molecule has 0 aromatic heterocycles. The van der Waals surface area contributed by atoms with E-state index < -0.39 is 34.8 Å². The van der Waals surface area contributed by atoms with Gasteiger partial charge in [0.05, 0.1) is 0 Å². The number of rotatable bonds is 2. The van der Waals surface area contributed by atoms with Crippen molar-refractivity contribution in [2.75, 3.05) is 44.2 Å². The molecule has 8 heteroatoms. The molecule has 2 aliphatic rings. The minimum atomic E-state index is -2.12. The molecule has 0 radical (unpaired) electrons. The van der Waals surface area contributed by atoms with Gasteiger partial charge in [-0.1, -0.05) is 0 Å². The maximum atomic E-state index is 13.7. The highest BCUT2D eigenvalue weighted by molar-refractivity contribution is 5.51. The minimum absolute atomic E-state index is 0.231. The summed E-state index contributed by atoms with van der Waals surface area (Å²) in [6.07, 6.45) is 0. The lowest BCUT2D eigenvalue weighted by molar-refractivity contribution is 0.137. The van der Waals surface area contributed by atoms with Gasteiger partial charge in [-0.05, 0) is 0 Å². The van der Waals surface area contributed by atoms with Gasteiger partial charge in [0.2, 0.25) is 5.82 Å². The summed E-state index contributed by atoms with van der Waals surface area (Å²) in [6, 6.07) is 0.392. The monoisotopic (exact) mass is 307 g/mol. The van der Waals surface area contributed by atoms with Crippen LogP contribution < -0.4 is 10.2 Å². The van der Waals surface area contributed by atoms with Gasteiger partial charge in [0, 0.05) is 45.3 Å². The van der Waals surface area contributed by atoms with E-state index in [2.05, 4.69) is 10.2 Å². The molecule has 0 atom stereocenters. The molecule has 0 saturated carbocycles. The highest BCUT2D eigenvalue weighted by Crippen LogP contribution is 2.31. The van der Waals surface area contributed by atoms with Crippen LogP contribution in [0, 0.1) is 29.1 Å². The van der Waals surface area contributed by atoms with Gasteiger partial charge in [0.25, 0.3) is 0 Å². The number of nitrogens with zero attached hydrogens (tertiary/aromatic N) is 2. The second kappa shape index (κ2) is 5.42. The minimum Gasteiger partial charge on any atom is -0.364 e. The number of piperazine rings is 1. The molecule has 2 fully saturated rings. The maximum Gasteiger partial charge on any atom is 0.200 e. The molecule has 0 amide bonds. The van der Waals surface area contributed by atoms with Crippen molar-refractivity contribution in [3.05, 3.63) is 29.1 Å². The van der Waals surface area contributed by atoms with Crippen molar-refractivity contribution in [2.24, 2.45) is 0 Å². The molecule has 116 valence electrons. The predicted molar refractivity (Wildman–Crippen MR) is 66.7 cm³/mol. The quantitative estimate of drug-likeness (QED) is 0.507. The molecule has 0 bridgehead atoms. The Balaban J connectivity index is 1.82. The Bertz CT molecular complexity index is 524. The summed E-state index contributed by atoms with van der Waals surface area (Å²) in [5, 5.41) is 3.12. The van der Waals surface area contributed by atoms with Crippen LogP contribution in [-0.2, 0) is 0 Å². The van der Waals surface area contributed by atoms with Crippen LogP contribution in [-0.4, -0.2) is 50.2 Å². The highest BCUT2D eigenvalue weighted by atomic mass is 19.2. The third-order valence-corrected chi connectivity index (χ3v) is 4.09. The van der Waals surface area contributed by atoms with E-state index in [-0.39, 0.29) is 13.1 Å². The zero-order valence-corrected chi connectivity index (χ0v) is 11.1. The summed E-state index contributed by atoms with van der Waals surface area (Å²) in [5.41, 5.74) is -0.821. The molecule has 2 aliphatic heterocycles. The molecular formula is C13H14F5N3. The lowest BCUT2D eigenvalue weighted by atomic mass is 10.1. The molecular weight excluding hydrogens is 293 g/mol. The SMILES string of the molecule is Fc1c(F)c(F)c(N2CCN(C3CNC3)CC2)c(F)c1F. The molecule has 1 aromatic carbocycles. The summed E-state index contributed by atoms with van der Waals surface area (Å²) in [5.74, 6) is -9.42. The zero-order chi connectivity index (χ0) is 15.1. The van der Waals surface area contributed by atoms with E-state index in [1.165, 1.54) is 4.90 Å². The largest absolute Gasteiger partial charge is 0.364 e. The summed E-state index contributed by atoms with van der Waals surface area (Å²) >= 11 is 0. The number of anilines is 1. The van der Waals surface area contributed by atoms with Crippen LogP contribution in [0.2, 0.25) is 0 Å². The summed E-state index contributed by atoms with van der Waals surface area (Å²) in [4.78, 5) is 3.37. The van der Waals surface area contributed by atoms with Crippen LogP contribution in [0.4, 0.5) is 27.6 Å². The first-order valence-corrected chi connectivity index (χ1v) is 6.72. The van der Waals surface area contributed by atoms with E-state index >= 15 is 0 Å². The Morgan fingerprint density at radius 1 is 0.714 bits per heavy atom. The number of hydrogen-bond acceptors (Lipinski definition) is 3. The molecule has 3 nitrogen and oxygen atoms in total. The van der Waals surface area contributed by atoms with Gasteiger partial charge in [-0.2, -0.15) is 0 Å². The number of halogens is 5. The average Bonchev–Trinajstić information content (AvgIpc) is 2.43. The Morgan fingerprint density at radius 3 is 1.62 bits per heavy atom. The molecule has 2 saturated heterocycles. The normalized spacial score (nSPS) is 20.7. The second-order valence-corrected chi connectivity index (χ2v) is 5.25. The second-order valence-electron chi connectivity index (χ2n) is 5.25. The molecule has 1 aromatic rings. The van der Waals surface area contributed by atoms with E-state index in [0.717, 1.165) is 13.1 Å². The van der Waals surface area contributed by atoms with E-state index in [4.69, 9.17) is 0 Å².